The van der Waals surface area contributed by atoms with Gasteiger partial charge in [-0.1, -0.05) is 60.7 Å². The Bertz CT molecular complexity index is 1270. The van der Waals surface area contributed by atoms with Crippen molar-refractivity contribution >= 4 is 23.7 Å². The molecule has 38 heavy (non-hydrogen) atoms. The normalized spacial score (nSPS) is 13.2. The molecule has 3 aromatic rings. The highest BCUT2D eigenvalue weighted by molar-refractivity contribution is 5.90. The number of nitrogens with one attached hydrogen (secondary N) is 2. The first-order valence-electron chi connectivity index (χ1n) is 12.7. The van der Waals surface area contributed by atoms with Gasteiger partial charge in [0.25, 0.3) is 0 Å². The van der Waals surface area contributed by atoms with Crippen LogP contribution in [0.4, 0.5) is 10.5 Å². The molecule has 0 fully saturated rings. The fraction of sp³-hybridized carbons (Fsp3) is 0.300. The van der Waals surface area contributed by atoms with Gasteiger partial charge in [-0.15, -0.1) is 0 Å². The van der Waals surface area contributed by atoms with Crippen molar-refractivity contribution in [3.05, 3.63) is 89.5 Å². The Hall–Kier alpha value is -4.17. The fourth-order valence-electron chi connectivity index (χ4n) is 4.59. The van der Waals surface area contributed by atoms with Crippen molar-refractivity contribution in [2.75, 3.05) is 18.5 Å². The largest absolute Gasteiger partial charge is 0.464 e. The van der Waals surface area contributed by atoms with E-state index in [1.165, 1.54) is 11.1 Å². The van der Waals surface area contributed by atoms with Crippen molar-refractivity contribution in [2.24, 2.45) is 5.73 Å². The minimum Gasteiger partial charge on any atom is -0.464 e. The molecule has 8 heteroatoms. The third-order valence-corrected chi connectivity index (χ3v) is 6.56. The topological polar surface area (TPSA) is 120 Å². The SMILES string of the molecule is CCOC(=O)C(C)(C)NC(=O)[C@@H](N)Cc1ccc(NC(=O)OCC2c3ccccc3-c3ccccc32)cc1. The lowest BCUT2D eigenvalue weighted by Crippen LogP contribution is -2.55. The van der Waals surface area contributed by atoms with Gasteiger partial charge in [-0.2, -0.15) is 0 Å². The highest BCUT2D eigenvalue weighted by Gasteiger charge is 2.32. The summed E-state index contributed by atoms with van der Waals surface area (Å²) in [5.74, 6) is -0.995. The molecule has 0 saturated heterocycles. The van der Waals surface area contributed by atoms with Crippen LogP contribution in [0.5, 0.6) is 0 Å². The molecular formula is C30H33N3O5. The van der Waals surface area contributed by atoms with E-state index in [-0.39, 0.29) is 25.6 Å². The highest BCUT2D eigenvalue weighted by atomic mass is 16.5. The third kappa shape index (κ3) is 6.03. The van der Waals surface area contributed by atoms with Crippen LogP contribution in [0, 0.1) is 0 Å². The van der Waals surface area contributed by atoms with Crippen molar-refractivity contribution in [1.29, 1.82) is 0 Å². The molecule has 0 unspecified atom stereocenters. The number of esters is 1. The van der Waals surface area contributed by atoms with E-state index in [0.29, 0.717) is 5.69 Å². The zero-order valence-electron chi connectivity index (χ0n) is 21.8. The Morgan fingerprint density at radius 2 is 1.47 bits per heavy atom. The molecule has 1 atom stereocenters. The first-order valence-corrected chi connectivity index (χ1v) is 12.7. The quantitative estimate of drug-likeness (QED) is 0.364. The van der Waals surface area contributed by atoms with Gasteiger partial charge in [0, 0.05) is 11.6 Å². The van der Waals surface area contributed by atoms with Gasteiger partial charge in [-0.25, -0.2) is 9.59 Å². The number of rotatable bonds is 9. The van der Waals surface area contributed by atoms with Crippen LogP contribution in [0.15, 0.2) is 72.8 Å². The first-order chi connectivity index (χ1) is 18.2. The molecule has 2 amide bonds. The van der Waals surface area contributed by atoms with E-state index in [1.807, 2.05) is 24.3 Å². The highest BCUT2D eigenvalue weighted by Crippen LogP contribution is 2.44. The lowest BCUT2D eigenvalue weighted by Gasteiger charge is -2.25. The van der Waals surface area contributed by atoms with Gasteiger partial charge in [-0.05, 0) is 67.1 Å². The average Bonchev–Trinajstić information content (AvgIpc) is 3.22. The summed E-state index contributed by atoms with van der Waals surface area (Å²) >= 11 is 0. The second-order valence-electron chi connectivity index (χ2n) is 9.79. The molecule has 1 aliphatic carbocycles. The second kappa shape index (κ2) is 11.5. The van der Waals surface area contributed by atoms with Gasteiger partial charge in [-0.3, -0.25) is 10.1 Å². The molecule has 198 valence electrons. The minimum atomic E-state index is -1.18. The molecule has 4 N–H and O–H groups in total. The van der Waals surface area contributed by atoms with E-state index >= 15 is 0 Å². The number of hydrogen-bond acceptors (Lipinski definition) is 6. The van der Waals surface area contributed by atoms with Gasteiger partial charge in [0.15, 0.2) is 0 Å². The molecule has 0 heterocycles. The molecule has 4 rings (SSSR count). The predicted octanol–water partition coefficient (Wildman–Crippen LogP) is 4.38. The average molecular weight is 516 g/mol. The van der Waals surface area contributed by atoms with E-state index in [9.17, 15) is 14.4 Å². The van der Waals surface area contributed by atoms with Crippen molar-refractivity contribution in [2.45, 2.75) is 44.7 Å². The number of carbonyl (C=O) groups is 3. The summed E-state index contributed by atoms with van der Waals surface area (Å²) in [6.07, 6.45) is -0.285. The number of amides is 2. The van der Waals surface area contributed by atoms with E-state index in [2.05, 4.69) is 34.9 Å². The zero-order chi connectivity index (χ0) is 27.3. The Labute approximate surface area is 222 Å². The third-order valence-electron chi connectivity index (χ3n) is 6.56. The molecule has 0 saturated carbocycles. The van der Waals surface area contributed by atoms with E-state index in [1.54, 1.807) is 45.0 Å². The van der Waals surface area contributed by atoms with Gasteiger partial charge in [0.05, 0.1) is 12.6 Å². The van der Waals surface area contributed by atoms with Crippen LogP contribution < -0.4 is 16.4 Å². The lowest BCUT2D eigenvalue weighted by molar-refractivity contribution is -0.151. The molecular weight excluding hydrogens is 482 g/mol. The molecule has 3 aromatic carbocycles. The Morgan fingerprint density at radius 1 is 0.895 bits per heavy atom. The van der Waals surface area contributed by atoms with Gasteiger partial charge >= 0.3 is 12.1 Å². The second-order valence-corrected chi connectivity index (χ2v) is 9.79. The molecule has 0 aromatic heterocycles. The van der Waals surface area contributed by atoms with Gasteiger partial charge in [0.2, 0.25) is 5.91 Å². The maximum Gasteiger partial charge on any atom is 0.411 e. The van der Waals surface area contributed by atoms with Crippen molar-refractivity contribution in [3.63, 3.8) is 0 Å². The number of anilines is 1. The fourth-order valence-corrected chi connectivity index (χ4v) is 4.59. The molecule has 8 nitrogen and oxygen atoms in total. The Balaban J connectivity index is 1.29. The number of benzene rings is 3. The maximum absolute atomic E-state index is 12.5. The number of nitrogens with two attached hydrogens (primary N) is 1. The number of fused-ring (bicyclic) bond motifs is 3. The number of ether oxygens (including phenoxy) is 2. The molecule has 0 radical (unpaired) electrons. The first kappa shape index (κ1) is 26.9. The van der Waals surface area contributed by atoms with Crippen LogP contribution >= 0.6 is 0 Å². The van der Waals surface area contributed by atoms with Crippen molar-refractivity contribution in [3.8, 4) is 11.1 Å². The maximum atomic E-state index is 12.5. The van der Waals surface area contributed by atoms with E-state index < -0.39 is 29.6 Å². The summed E-state index contributed by atoms with van der Waals surface area (Å²) in [5, 5.41) is 5.39. The Morgan fingerprint density at radius 3 is 2.05 bits per heavy atom. The number of hydrogen-bond donors (Lipinski definition) is 3. The minimum absolute atomic E-state index is 0.0167. The molecule has 0 aliphatic heterocycles. The smallest absolute Gasteiger partial charge is 0.411 e. The van der Waals surface area contributed by atoms with E-state index in [4.69, 9.17) is 15.2 Å². The lowest BCUT2D eigenvalue weighted by atomic mass is 9.98. The van der Waals surface area contributed by atoms with Gasteiger partial charge < -0.3 is 20.5 Å². The zero-order valence-corrected chi connectivity index (χ0v) is 21.8. The molecule has 1 aliphatic rings. The van der Waals surface area contributed by atoms with Crippen LogP contribution in [0.25, 0.3) is 11.1 Å². The van der Waals surface area contributed by atoms with E-state index in [0.717, 1.165) is 16.7 Å². The molecule has 0 spiro atoms. The summed E-state index contributed by atoms with van der Waals surface area (Å²) in [4.78, 5) is 37.1. The molecule has 0 bridgehead atoms. The monoisotopic (exact) mass is 515 g/mol. The van der Waals surface area contributed by atoms with Crippen molar-refractivity contribution < 1.29 is 23.9 Å². The summed E-state index contributed by atoms with van der Waals surface area (Å²) in [6, 6.07) is 22.5. The van der Waals surface area contributed by atoms with Crippen LogP contribution in [-0.4, -0.2) is 42.8 Å². The van der Waals surface area contributed by atoms with Crippen LogP contribution in [0.1, 0.15) is 43.4 Å². The summed E-state index contributed by atoms with van der Waals surface area (Å²) in [5.41, 5.74) is 10.9. The van der Waals surface area contributed by atoms with Gasteiger partial charge in [0.1, 0.15) is 12.1 Å². The summed E-state index contributed by atoms with van der Waals surface area (Å²) < 4.78 is 10.6. The number of carbonyl (C=O) groups excluding carboxylic acids is 3. The predicted molar refractivity (Wildman–Crippen MR) is 146 cm³/mol. The summed E-state index contributed by atoms with van der Waals surface area (Å²) in [6.45, 7) is 5.29. The Kier molecular flexibility index (Phi) is 8.12. The summed E-state index contributed by atoms with van der Waals surface area (Å²) in [7, 11) is 0. The van der Waals surface area contributed by atoms with Crippen LogP contribution in [0.3, 0.4) is 0 Å². The van der Waals surface area contributed by atoms with Crippen LogP contribution in [-0.2, 0) is 25.5 Å². The van der Waals surface area contributed by atoms with Crippen LogP contribution in [0.2, 0.25) is 0 Å². The van der Waals surface area contributed by atoms with Crippen molar-refractivity contribution in [1.82, 2.24) is 5.32 Å². The standard InChI is InChI=1S/C30H33N3O5/c1-4-37-28(35)30(2,3)33-27(34)26(31)17-19-13-15-20(16-14-19)32-29(36)38-18-25-23-11-7-5-9-21(23)22-10-6-8-12-24(22)25/h5-16,25-26H,4,17-18,31H2,1-3H3,(H,32,36)(H,33,34)/t26-/m0/s1.